The lowest BCUT2D eigenvalue weighted by molar-refractivity contribution is 0.0858. The second kappa shape index (κ2) is 6.46. The molecule has 1 unspecified atom stereocenters. The maximum Gasteiger partial charge on any atom is 0.133 e. The molecule has 3 nitrogen and oxygen atoms in total. The van der Waals surface area contributed by atoms with E-state index in [1.807, 2.05) is 6.07 Å². The van der Waals surface area contributed by atoms with Crippen molar-refractivity contribution in [2.24, 2.45) is 0 Å². The van der Waals surface area contributed by atoms with Gasteiger partial charge in [-0.1, -0.05) is 13.0 Å². The first-order valence-corrected chi connectivity index (χ1v) is 8.06. The van der Waals surface area contributed by atoms with Gasteiger partial charge in [0.15, 0.2) is 0 Å². The van der Waals surface area contributed by atoms with E-state index in [1.165, 1.54) is 12.0 Å². The molecule has 20 heavy (non-hydrogen) atoms. The highest BCUT2D eigenvalue weighted by Gasteiger charge is 2.31. The Morgan fingerprint density at radius 3 is 2.80 bits per heavy atom. The van der Waals surface area contributed by atoms with Crippen molar-refractivity contribution in [3.63, 3.8) is 0 Å². The van der Waals surface area contributed by atoms with Gasteiger partial charge in [-0.3, -0.25) is 4.90 Å². The highest BCUT2D eigenvalue weighted by atomic mass is 79.9. The van der Waals surface area contributed by atoms with Gasteiger partial charge in [0.1, 0.15) is 5.75 Å². The van der Waals surface area contributed by atoms with Gasteiger partial charge in [0.05, 0.1) is 11.6 Å². The number of halogens is 1. The van der Waals surface area contributed by atoms with Crippen molar-refractivity contribution in [2.45, 2.75) is 45.3 Å². The Morgan fingerprint density at radius 2 is 2.20 bits per heavy atom. The lowest BCUT2D eigenvalue weighted by atomic mass is 9.97. The van der Waals surface area contributed by atoms with Crippen LogP contribution in [0.4, 0.5) is 0 Å². The smallest absolute Gasteiger partial charge is 0.133 e. The number of ether oxygens (including phenoxy) is 1. The van der Waals surface area contributed by atoms with Gasteiger partial charge in [0.2, 0.25) is 0 Å². The monoisotopic (exact) mass is 340 g/mol. The van der Waals surface area contributed by atoms with Crippen LogP contribution in [0, 0.1) is 0 Å². The van der Waals surface area contributed by atoms with Crippen LogP contribution in [0.15, 0.2) is 22.7 Å². The third-order valence-electron chi connectivity index (χ3n) is 4.00. The Labute approximate surface area is 130 Å². The minimum atomic E-state index is 0.190. The molecule has 1 aliphatic rings. The molecular formula is C16H25BrN2O. The summed E-state index contributed by atoms with van der Waals surface area (Å²) < 4.78 is 6.32. The highest BCUT2D eigenvalue weighted by molar-refractivity contribution is 9.10. The zero-order valence-electron chi connectivity index (χ0n) is 12.9. The van der Waals surface area contributed by atoms with Gasteiger partial charge in [0, 0.05) is 31.2 Å². The van der Waals surface area contributed by atoms with Gasteiger partial charge in [-0.05, 0) is 53.9 Å². The minimum Gasteiger partial charge on any atom is -0.496 e. The van der Waals surface area contributed by atoms with Crippen molar-refractivity contribution < 1.29 is 4.74 Å². The maximum atomic E-state index is 5.29. The summed E-state index contributed by atoms with van der Waals surface area (Å²) in [6, 6.07) is 6.98. The zero-order chi connectivity index (χ0) is 14.8. The molecule has 1 aromatic carbocycles. The van der Waals surface area contributed by atoms with E-state index < -0.39 is 0 Å². The molecule has 1 fully saturated rings. The number of hydrogen-bond acceptors (Lipinski definition) is 3. The first-order valence-electron chi connectivity index (χ1n) is 7.26. The van der Waals surface area contributed by atoms with Crippen LogP contribution in [0.5, 0.6) is 5.75 Å². The lowest BCUT2D eigenvalue weighted by Gasteiger charge is -2.44. The number of nitrogens with one attached hydrogen (secondary N) is 1. The van der Waals surface area contributed by atoms with E-state index in [-0.39, 0.29) is 5.54 Å². The molecule has 1 heterocycles. The molecule has 0 aliphatic carbocycles. The minimum absolute atomic E-state index is 0.190. The molecule has 1 saturated heterocycles. The van der Waals surface area contributed by atoms with Crippen LogP contribution in [0.25, 0.3) is 0 Å². The van der Waals surface area contributed by atoms with Crippen LogP contribution in [0.2, 0.25) is 0 Å². The van der Waals surface area contributed by atoms with Crippen molar-refractivity contribution in [1.82, 2.24) is 10.2 Å². The van der Waals surface area contributed by atoms with Gasteiger partial charge >= 0.3 is 0 Å². The average molecular weight is 341 g/mol. The predicted octanol–water partition coefficient (Wildman–Crippen LogP) is 3.42. The Balaban J connectivity index is 2.12. The summed E-state index contributed by atoms with van der Waals surface area (Å²) in [6.45, 7) is 9.95. The topological polar surface area (TPSA) is 24.5 Å². The fraction of sp³-hybridized carbons (Fsp3) is 0.625. The normalized spacial score (nSPS) is 22.8. The summed E-state index contributed by atoms with van der Waals surface area (Å²) in [7, 11) is 1.70. The van der Waals surface area contributed by atoms with Gasteiger partial charge in [-0.15, -0.1) is 0 Å². The third-order valence-corrected chi connectivity index (χ3v) is 4.62. The molecule has 1 N–H and O–H groups in total. The molecule has 0 amide bonds. The summed E-state index contributed by atoms with van der Waals surface area (Å²) in [4.78, 5) is 2.59. The summed E-state index contributed by atoms with van der Waals surface area (Å²) in [5.74, 6) is 0.890. The van der Waals surface area contributed by atoms with Crippen LogP contribution < -0.4 is 10.1 Å². The van der Waals surface area contributed by atoms with Gasteiger partial charge in [-0.25, -0.2) is 0 Å². The van der Waals surface area contributed by atoms with Gasteiger partial charge < -0.3 is 10.1 Å². The third kappa shape index (κ3) is 3.74. The number of nitrogens with zero attached hydrogens (tertiary/aromatic N) is 1. The number of piperazine rings is 1. The quantitative estimate of drug-likeness (QED) is 0.908. The van der Waals surface area contributed by atoms with E-state index in [1.54, 1.807) is 7.11 Å². The van der Waals surface area contributed by atoms with Gasteiger partial charge in [-0.2, -0.15) is 0 Å². The molecule has 1 atom stereocenters. The number of hydrogen-bond donors (Lipinski definition) is 1. The van der Waals surface area contributed by atoms with Crippen molar-refractivity contribution in [1.29, 1.82) is 0 Å². The Kier molecular flexibility index (Phi) is 5.10. The molecule has 1 aliphatic heterocycles. The van der Waals surface area contributed by atoms with E-state index >= 15 is 0 Å². The van der Waals surface area contributed by atoms with E-state index in [0.717, 1.165) is 29.9 Å². The van der Waals surface area contributed by atoms with Crippen LogP contribution in [0.1, 0.15) is 32.8 Å². The predicted molar refractivity (Wildman–Crippen MR) is 87.3 cm³/mol. The molecule has 0 bridgehead atoms. The molecule has 1 aromatic rings. The summed E-state index contributed by atoms with van der Waals surface area (Å²) >= 11 is 3.57. The van der Waals surface area contributed by atoms with E-state index in [4.69, 9.17) is 4.74 Å². The van der Waals surface area contributed by atoms with E-state index in [9.17, 15) is 0 Å². The maximum absolute atomic E-state index is 5.29. The van der Waals surface area contributed by atoms with Gasteiger partial charge in [0.25, 0.3) is 0 Å². The fourth-order valence-corrected chi connectivity index (χ4v) is 3.43. The number of rotatable bonds is 4. The molecule has 0 aromatic heterocycles. The van der Waals surface area contributed by atoms with Crippen molar-refractivity contribution in [3.05, 3.63) is 28.2 Å². The van der Waals surface area contributed by atoms with E-state index in [2.05, 4.69) is 59.1 Å². The summed E-state index contributed by atoms with van der Waals surface area (Å²) in [5.41, 5.74) is 1.52. The molecule has 2 rings (SSSR count). The van der Waals surface area contributed by atoms with Crippen LogP contribution in [-0.4, -0.2) is 36.7 Å². The molecule has 4 heteroatoms. The van der Waals surface area contributed by atoms with Crippen LogP contribution >= 0.6 is 15.9 Å². The highest BCUT2D eigenvalue weighted by Crippen LogP contribution is 2.27. The Morgan fingerprint density at radius 1 is 1.45 bits per heavy atom. The Hall–Kier alpha value is -0.580. The lowest BCUT2D eigenvalue weighted by Crippen LogP contribution is -2.60. The Bertz CT molecular complexity index is 462. The molecular weight excluding hydrogens is 316 g/mol. The SMILES string of the molecule is CCC1CNC(C)(C)CN1Cc1ccc(OC)c(Br)c1. The second-order valence-corrected chi connectivity index (χ2v) is 7.06. The first-order chi connectivity index (χ1) is 9.45. The van der Waals surface area contributed by atoms with E-state index in [0.29, 0.717) is 6.04 Å². The fourth-order valence-electron chi connectivity index (χ4n) is 2.85. The van der Waals surface area contributed by atoms with Crippen molar-refractivity contribution in [2.75, 3.05) is 20.2 Å². The zero-order valence-corrected chi connectivity index (χ0v) is 14.5. The van der Waals surface area contributed by atoms with Crippen LogP contribution in [-0.2, 0) is 6.54 Å². The standard InChI is InChI=1S/C16H25BrN2O/c1-5-13-9-18-16(2,3)11-19(13)10-12-6-7-15(20-4)14(17)8-12/h6-8,13,18H,5,9-11H2,1-4H3. The molecule has 0 radical (unpaired) electrons. The van der Waals surface area contributed by atoms with Crippen molar-refractivity contribution >= 4 is 15.9 Å². The van der Waals surface area contributed by atoms with Crippen LogP contribution in [0.3, 0.4) is 0 Å². The average Bonchev–Trinajstić information content (AvgIpc) is 2.38. The first kappa shape index (κ1) is 15.8. The molecule has 0 spiro atoms. The van der Waals surface area contributed by atoms with Crippen molar-refractivity contribution in [3.8, 4) is 5.75 Å². The number of methoxy groups -OCH3 is 1. The molecule has 112 valence electrons. The second-order valence-electron chi connectivity index (χ2n) is 6.20. The summed E-state index contributed by atoms with van der Waals surface area (Å²) in [5, 5.41) is 3.63. The molecule has 0 saturated carbocycles. The summed E-state index contributed by atoms with van der Waals surface area (Å²) in [6.07, 6.45) is 1.18. The largest absolute Gasteiger partial charge is 0.496 e. The number of benzene rings is 1.